The third-order valence-corrected chi connectivity index (χ3v) is 5.40. The maximum absolute atomic E-state index is 6.19. The number of rotatable bonds is 4. The summed E-state index contributed by atoms with van der Waals surface area (Å²) in [5.74, 6) is 0. The van der Waals surface area contributed by atoms with Crippen LogP contribution in [-0.2, 0) is 4.74 Å². The molecule has 1 aromatic carbocycles. The van der Waals surface area contributed by atoms with E-state index in [0.29, 0.717) is 6.04 Å². The lowest BCUT2D eigenvalue weighted by molar-refractivity contribution is 0.0470. The van der Waals surface area contributed by atoms with Crippen molar-refractivity contribution in [2.75, 3.05) is 44.8 Å². The van der Waals surface area contributed by atoms with Crippen molar-refractivity contribution in [1.82, 2.24) is 4.90 Å². The number of nitrogens with zero attached hydrogens (tertiary/aromatic N) is 2. The van der Waals surface area contributed by atoms with Gasteiger partial charge >= 0.3 is 0 Å². The van der Waals surface area contributed by atoms with Gasteiger partial charge in [0.15, 0.2) is 0 Å². The van der Waals surface area contributed by atoms with Crippen molar-refractivity contribution in [3.63, 3.8) is 0 Å². The van der Waals surface area contributed by atoms with Gasteiger partial charge in [0.25, 0.3) is 0 Å². The first-order valence-corrected chi connectivity index (χ1v) is 8.06. The number of piperidine rings is 1. The number of benzene rings is 1. The fraction of sp³-hybridized carbons (Fsp3) is 0.647. The zero-order chi connectivity index (χ0) is 14.7. The summed E-state index contributed by atoms with van der Waals surface area (Å²) in [5.41, 5.74) is 7.66. The van der Waals surface area contributed by atoms with Gasteiger partial charge in [-0.05, 0) is 38.4 Å². The van der Waals surface area contributed by atoms with E-state index in [-0.39, 0.29) is 5.54 Å². The third-order valence-electron chi connectivity index (χ3n) is 5.40. The molecule has 3 rings (SSSR count). The van der Waals surface area contributed by atoms with Crippen LogP contribution in [0.25, 0.3) is 0 Å². The molecular weight excluding hydrogens is 262 g/mol. The van der Waals surface area contributed by atoms with Crippen LogP contribution in [0.15, 0.2) is 30.3 Å². The summed E-state index contributed by atoms with van der Waals surface area (Å²) >= 11 is 0. The normalized spacial score (nSPS) is 25.5. The van der Waals surface area contributed by atoms with Crippen molar-refractivity contribution in [2.24, 2.45) is 5.73 Å². The molecule has 0 spiro atoms. The van der Waals surface area contributed by atoms with Crippen LogP contribution >= 0.6 is 0 Å². The first kappa shape index (κ1) is 14.8. The van der Waals surface area contributed by atoms with E-state index in [4.69, 9.17) is 10.5 Å². The van der Waals surface area contributed by atoms with Crippen molar-refractivity contribution < 1.29 is 4.74 Å². The Kier molecular flexibility index (Phi) is 4.48. The summed E-state index contributed by atoms with van der Waals surface area (Å²) in [6.07, 6.45) is 3.40. The van der Waals surface area contributed by atoms with Gasteiger partial charge in [0.05, 0.1) is 6.61 Å². The monoisotopic (exact) mass is 289 g/mol. The van der Waals surface area contributed by atoms with E-state index < -0.39 is 0 Å². The van der Waals surface area contributed by atoms with Crippen LogP contribution in [0, 0.1) is 0 Å². The molecule has 4 heteroatoms. The van der Waals surface area contributed by atoms with E-state index in [1.54, 1.807) is 0 Å². The summed E-state index contributed by atoms with van der Waals surface area (Å²) in [5, 5.41) is 0. The summed E-state index contributed by atoms with van der Waals surface area (Å²) in [7, 11) is 2.24. The average molecular weight is 289 g/mol. The van der Waals surface area contributed by atoms with Crippen molar-refractivity contribution in [3.8, 4) is 0 Å². The quantitative estimate of drug-likeness (QED) is 0.916. The van der Waals surface area contributed by atoms with E-state index >= 15 is 0 Å². The number of ether oxygens (including phenoxy) is 1. The second kappa shape index (κ2) is 6.34. The van der Waals surface area contributed by atoms with E-state index in [1.165, 1.54) is 5.69 Å². The fourth-order valence-corrected chi connectivity index (χ4v) is 3.74. The molecule has 2 aliphatic heterocycles. The summed E-state index contributed by atoms with van der Waals surface area (Å²) in [4.78, 5) is 5.00. The maximum Gasteiger partial charge on any atom is 0.0622 e. The molecule has 1 atom stereocenters. The summed E-state index contributed by atoms with van der Waals surface area (Å²) in [6.45, 7) is 4.66. The van der Waals surface area contributed by atoms with Gasteiger partial charge in [-0.15, -0.1) is 0 Å². The fourth-order valence-electron chi connectivity index (χ4n) is 3.74. The molecule has 0 aliphatic carbocycles. The van der Waals surface area contributed by atoms with Gasteiger partial charge in [-0.25, -0.2) is 0 Å². The minimum absolute atomic E-state index is 0.143. The lowest BCUT2D eigenvalue weighted by atomic mass is 9.84. The van der Waals surface area contributed by atoms with Crippen LogP contribution in [0.2, 0.25) is 0 Å². The number of hydrogen-bond acceptors (Lipinski definition) is 4. The lowest BCUT2D eigenvalue weighted by Gasteiger charge is -2.49. The standard InChI is InChI=1S/C17H27N3O/c1-19(16-7-12-21-13-16)17(14-18)8-10-20(11-9-17)15-5-3-2-4-6-15/h2-6,16H,7-14,18H2,1H3. The molecule has 2 heterocycles. The highest BCUT2D eigenvalue weighted by Crippen LogP contribution is 2.32. The van der Waals surface area contributed by atoms with Gasteiger partial charge in [-0.1, -0.05) is 18.2 Å². The Bertz CT molecular complexity index is 437. The molecule has 116 valence electrons. The molecular formula is C17H27N3O. The number of nitrogens with two attached hydrogens (primary N) is 1. The predicted octanol–water partition coefficient (Wildman–Crippen LogP) is 1.70. The van der Waals surface area contributed by atoms with Gasteiger partial charge in [-0.2, -0.15) is 0 Å². The molecule has 2 aliphatic rings. The van der Waals surface area contributed by atoms with Crippen molar-refractivity contribution >= 4 is 5.69 Å². The summed E-state index contributed by atoms with van der Waals surface area (Å²) in [6, 6.07) is 11.2. The number of anilines is 1. The predicted molar refractivity (Wildman–Crippen MR) is 86.7 cm³/mol. The zero-order valence-corrected chi connectivity index (χ0v) is 13.0. The second-order valence-electron chi connectivity index (χ2n) is 6.38. The highest BCUT2D eigenvalue weighted by Gasteiger charge is 2.40. The van der Waals surface area contributed by atoms with Crippen molar-refractivity contribution in [2.45, 2.75) is 30.8 Å². The Labute approximate surface area is 127 Å². The smallest absolute Gasteiger partial charge is 0.0622 e. The van der Waals surface area contributed by atoms with Gasteiger partial charge < -0.3 is 15.4 Å². The molecule has 0 bridgehead atoms. The number of hydrogen-bond donors (Lipinski definition) is 1. The van der Waals surface area contributed by atoms with Crippen LogP contribution in [0.1, 0.15) is 19.3 Å². The van der Waals surface area contributed by atoms with E-state index in [2.05, 4.69) is 47.2 Å². The highest BCUT2D eigenvalue weighted by atomic mass is 16.5. The number of likely N-dealkylation sites (N-methyl/N-ethyl adjacent to an activating group) is 1. The second-order valence-corrected chi connectivity index (χ2v) is 6.38. The first-order chi connectivity index (χ1) is 10.2. The van der Waals surface area contributed by atoms with Crippen LogP contribution < -0.4 is 10.6 Å². The molecule has 2 fully saturated rings. The third kappa shape index (κ3) is 2.93. The van der Waals surface area contributed by atoms with Gasteiger partial charge in [-0.3, -0.25) is 4.90 Å². The van der Waals surface area contributed by atoms with Crippen LogP contribution in [0.4, 0.5) is 5.69 Å². The molecule has 1 aromatic rings. The molecule has 0 amide bonds. The largest absolute Gasteiger partial charge is 0.380 e. The first-order valence-electron chi connectivity index (χ1n) is 8.06. The van der Waals surface area contributed by atoms with Crippen LogP contribution in [0.3, 0.4) is 0 Å². The molecule has 0 radical (unpaired) electrons. The molecule has 21 heavy (non-hydrogen) atoms. The molecule has 4 nitrogen and oxygen atoms in total. The Balaban J connectivity index is 1.66. The van der Waals surface area contributed by atoms with E-state index in [0.717, 1.165) is 52.1 Å². The maximum atomic E-state index is 6.19. The highest BCUT2D eigenvalue weighted by molar-refractivity contribution is 5.46. The van der Waals surface area contributed by atoms with Gasteiger partial charge in [0.2, 0.25) is 0 Å². The lowest BCUT2D eigenvalue weighted by Crippen LogP contribution is -2.61. The Morgan fingerprint density at radius 3 is 2.57 bits per heavy atom. The minimum atomic E-state index is 0.143. The van der Waals surface area contributed by atoms with E-state index in [1.807, 2.05) is 0 Å². The SMILES string of the molecule is CN(C1CCOC1)C1(CN)CCN(c2ccccc2)CC1. The molecule has 1 unspecified atom stereocenters. The average Bonchev–Trinajstić information content (AvgIpc) is 3.09. The van der Waals surface area contributed by atoms with Crippen LogP contribution in [0.5, 0.6) is 0 Å². The molecule has 0 aromatic heterocycles. The Morgan fingerprint density at radius 1 is 1.29 bits per heavy atom. The topological polar surface area (TPSA) is 41.7 Å². The van der Waals surface area contributed by atoms with E-state index in [9.17, 15) is 0 Å². The van der Waals surface area contributed by atoms with Crippen molar-refractivity contribution in [1.29, 1.82) is 0 Å². The molecule has 0 saturated carbocycles. The summed E-state index contributed by atoms with van der Waals surface area (Å²) < 4.78 is 5.56. The minimum Gasteiger partial charge on any atom is -0.380 e. The van der Waals surface area contributed by atoms with Crippen LogP contribution in [-0.4, -0.2) is 56.4 Å². The van der Waals surface area contributed by atoms with Gasteiger partial charge in [0.1, 0.15) is 0 Å². The Hall–Kier alpha value is -1.10. The molecule has 2 N–H and O–H groups in total. The zero-order valence-electron chi connectivity index (χ0n) is 13.0. The molecule has 2 saturated heterocycles. The van der Waals surface area contributed by atoms with Gasteiger partial charge in [0, 0.05) is 43.5 Å². The Morgan fingerprint density at radius 2 is 2.00 bits per heavy atom. The number of para-hydroxylation sites is 1. The van der Waals surface area contributed by atoms with Crippen molar-refractivity contribution in [3.05, 3.63) is 30.3 Å².